The largest absolute Gasteiger partial charge is 0.339 e. The molecule has 1 atom stereocenters. The van der Waals surface area contributed by atoms with Gasteiger partial charge >= 0.3 is 0 Å². The molecule has 1 unspecified atom stereocenters. The minimum atomic E-state index is -0.107. The molecule has 0 spiro atoms. The van der Waals surface area contributed by atoms with Crippen molar-refractivity contribution in [3.63, 3.8) is 0 Å². The van der Waals surface area contributed by atoms with Crippen LogP contribution in [0.5, 0.6) is 0 Å². The Labute approximate surface area is 127 Å². The van der Waals surface area contributed by atoms with Crippen LogP contribution in [-0.4, -0.2) is 39.7 Å². The van der Waals surface area contributed by atoms with Crippen LogP contribution >= 0.6 is 0 Å². The maximum atomic E-state index is 12.7. The first-order valence-electron chi connectivity index (χ1n) is 7.81. The third kappa shape index (κ3) is 3.28. The van der Waals surface area contributed by atoms with E-state index in [1.807, 2.05) is 16.5 Å². The van der Waals surface area contributed by atoms with Gasteiger partial charge in [-0.05, 0) is 53.4 Å². The number of hydrogen-bond acceptors (Lipinski definition) is 3. The molecule has 1 aromatic heterocycles. The Morgan fingerprint density at radius 3 is 2.38 bits per heavy atom. The lowest BCUT2D eigenvalue weighted by Crippen LogP contribution is -2.42. The predicted octanol–water partition coefficient (Wildman–Crippen LogP) is 2.15. The highest BCUT2D eigenvalue weighted by Crippen LogP contribution is 2.23. The second kappa shape index (κ2) is 5.79. The standard InChI is InChI=1S/C16H28N4O/c1-11(17)13-6-8-19(9-7-13)15(21)14-10-18-20(12(14)2)16(3,4)5/h10-11,13H,6-9,17H2,1-5H3. The van der Waals surface area contributed by atoms with Crippen LogP contribution in [0.3, 0.4) is 0 Å². The summed E-state index contributed by atoms with van der Waals surface area (Å²) in [5.41, 5.74) is 7.52. The molecule has 0 aliphatic carbocycles. The van der Waals surface area contributed by atoms with Crippen LogP contribution in [0.1, 0.15) is 56.6 Å². The highest BCUT2D eigenvalue weighted by molar-refractivity contribution is 5.95. The molecule has 0 radical (unpaired) electrons. The summed E-state index contributed by atoms with van der Waals surface area (Å²) in [6.07, 6.45) is 3.70. The molecule has 0 bridgehead atoms. The maximum Gasteiger partial charge on any atom is 0.257 e. The molecule has 2 N–H and O–H groups in total. The Morgan fingerprint density at radius 2 is 1.95 bits per heavy atom. The predicted molar refractivity (Wildman–Crippen MR) is 84.2 cm³/mol. The van der Waals surface area contributed by atoms with Crippen molar-refractivity contribution in [3.05, 3.63) is 17.5 Å². The Hall–Kier alpha value is -1.36. The molecule has 0 aromatic carbocycles. The Kier molecular flexibility index (Phi) is 4.42. The highest BCUT2D eigenvalue weighted by Gasteiger charge is 2.28. The van der Waals surface area contributed by atoms with E-state index >= 15 is 0 Å². The minimum Gasteiger partial charge on any atom is -0.339 e. The highest BCUT2D eigenvalue weighted by atomic mass is 16.2. The number of rotatable bonds is 2. The van der Waals surface area contributed by atoms with E-state index < -0.39 is 0 Å². The summed E-state index contributed by atoms with van der Waals surface area (Å²) in [6.45, 7) is 11.9. The Balaban J connectivity index is 2.10. The summed E-state index contributed by atoms with van der Waals surface area (Å²) in [6, 6.07) is 0.215. The topological polar surface area (TPSA) is 64.2 Å². The van der Waals surface area contributed by atoms with Gasteiger partial charge in [0.15, 0.2) is 0 Å². The van der Waals surface area contributed by atoms with E-state index in [9.17, 15) is 4.79 Å². The van der Waals surface area contributed by atoms with Crippen molar-refractivity contribution >= 4 is 5.91 Å². The summed E-state index contributed by atoms with van der Waals surface area (Å²) >= 11 is 0. The van der Waals surface area contributed by atoms with Crippen molar-refractivity contribution in [2.75, 3.05) is 13.1 Å². The summed E-state index contributed by atoms with van der Waals surface area (Å²) in [4.78, 5) is 14.6. The van der Waals surface area contributed by atoms with Gasteiger partial charge < -0.3 is 10.6 Å². The fraction of sp³-hybridized carbons (Fsp3) is 0.750. The fourth-order valence-corrected chi connectivity index (χ4v) is 3.09. The molecule has 5 nitrogen and oxygen atoms in total. The van der Waals surface area contributed by atoms with Gasteiger partial charge in [0, 0.05) is 24.8 Å². The molecule has 1 aliphatic rings. The van der Waals surface area contributed by atoms with Crippen LogP contribution in [-0.2, 0) is 5.54 Å². The smallest absolute Gasteiger partial charge is 0.257 e. The first-order chi connectivity index (χ1) is 9.71. The van der Waals surface area contributed by atoms with Crippen molar-refractivity contribution in [1.82, 2.24) is 14.7 Å². The van der Waals surface area contributed by atoms with E-state index in [2.05, 4.69) is 32.8 Å². The van der Waals surface area contributed by atoms with Gasteiger partial charge in [0.2, 0.25) is 0 Å². The van der Waals surface area contributed by atoms with Crippen molar-refractivity contribution in [2.45, 2.75) is 59.0 Å². The monoisotopic (exact) mass is 292 g/mol. The Bertz CT molecular complexity index is 505. The molecule has 1 saturated heterocycles. The number of amides is 1. The van der Waals surface area contributed by atoms with E-state index in [0.29, 0.717) is 5.92 Å². The fourth-order valence-electron chi connectivity index (χ4n) is 3.09. The van der Waals surface area contributed by atoms with E-state index in [1.54, 1.807) is 6.20 Å². The molecule has 1 aliphatic heterocycles. The maximum absolute atomic E-state index is 12.7. The van der Waals surface area contributed by atoms with E-state index in [4.69, 9.17) is 5.73 Å². The summed E-state index contributed by atoms with van der Waals surface area (Å²) in [5.74, 6) is 0.638. The summed E-state index contributed by atoms with van der Waals surface area (Å²) in [5, 5.41) is 4.40. The van der Waals surface area contributed by atoms with Crippen LogP contribution in [0.4, 0.5) is 0 Å². The molecule has 21 heavy (non-hydrogen) atoms. The van der Waals surface area contributed by atoms with Crippen molar-refractivity contribution in [2.24, 2.45) is 11.7 Å². The summed E-state index contributed by atoms with van der Waals surface area (Å²) < 4.78 is 1.93. The average Bonchev–Trinajstić information content (AvgIpc) is 2.79. The third-order valence-electron chi connectivity index (χ3n) is 4.45. The quantitative estimate of drug-likeness (QED) is 0.908. The Morgan fingerprint density at radius 1 is 1.38 bits per heavy atom. The average molecular weight is 292 g/mol. The second-order valence-corrected chi connectivity index (χ2v) is 7.22. The van der Waals surface area contributed by atoms with Gasteiger partial charge in [-0.15, -0.1) is 0 Å². The molecule has 1 amide bonds. The molecule has 2 heterocycles. The normalized spacial score (nSPS) is 18.9. The van der Waals surface area contributed by atoms with Crippen LogP contribution in [0.15, 0.2) is 6.20 Å². The minimum absolute atomic E-state index is 0.103. The van der Waals surface area contributed by atoms with Crippen molar-refractivity contribution in [3.8, 4) is 0 Å². The second-order valence-electron chi connectivity index (χ2n) is 7.22. The van der Waals surface area contributed by atoms with Crippen molar-refractivity contribution < 1.29 is 4.79 Å². The number of likely N-dealkylation sites (tertiary alicyclic amines) is 1. The van der Waals surface area contributed by atoms with Gasteiger partial charge in [-0.25, -0.2) is 0 Å². The molecule has 5 heteroatoms. The lowest BCUT2D eigenvalue weighted by atomic mass is 9.90. The number of carbonyl (C=O) groups is 1. The zero-order valence-corrected chi connectivity index (χ0v) is 13.9. The SMILES string of the molecule is Cc1c(C(=O)N2CCC(C(C)N)CC2)cnn1C(C)(C)C. The lowest BCUT2D eigenvalue weighted by molar-refractivity contribution is 0.0680. The number of nitrogens with zero attached hydrogens (tertiary/aromatic N) is 3. The van der Waals surface area contributed by atoms with Crippen LogP contribution in [0.2, 0.25) is 0 Å². The van der Waals surface area contributed by atoms with E-state index in [-0.39, 0.29) is 17.5 Å². The number of hydrogen-bond donors (Lipinski definition) is 1. The van der Waals surface area contributed by atoms with Crippen molar-refractivity contribution in [1.29, 1.82) is 0 Å². The first kappa shape index (κ1) is 16.0. The van der Waals surface area contributed by atoms with Crippen LogP contribution in [0, 0.1) is 12.8 Å². The van der Waals surface area contributed by atoms with Gasteiger partial charge in [-0.3, -0.25) is 9.48 Å². The molecule has 118 valence electrons. The van der Waals surface area contributed by atoms with E-state index in [1.165, 1.54) is 0 Å². The van der Waals surface area contributed by atoms with Gasteiger partial charge in [0.05, 0.1) is 17.3 Å². The molecule has 2 rings (SSSR count). The molecule has 0 saturated carbocycles. The number of nitrogens with two attached hydrogens (primary N) is 1. The van der Waals surface area contributed by atoms with Gasteiger partial charge in [0.1, 0.15) is 0 Å². The number of carbonyl (C=O) groups excluding carboxylic acids is 1. The molecule has 1 aromatic rings. The zero-order chi connectivity index (χ0) is 15.8. The van der Waals surface area contributed by atoms with Gasteiger partial charge in [0.25, 0.3) is 5.91 Å². The number of piperidine rings is 1. The van der Waals surface area contributed by atoms with Crippen LogP contribution < -0.4 is 5.73 Å². The molecular weight excluding hydrogens is 264 g/mol. The van der Waals surface area contributed by atoms with E-state index in [0.717, 1.165) is 37.2 Å². The lowest BCUT2D eigenvalue weighted by Gasteiger charge is -2.33. The van der Waals surface area contributed by atoms with Gasteiger partial charge in [-0.1, -0.05) is 0 Å². The molecular formula is C16H28N4O. The van der Waals surface area contributed by atoms with Crippen LogP contribution in [0.25, 0.3) is 0 Å². The number of aromatic nitrogens is 2. The molecule has 1 fully saturated rings. The first-order valence-corrected chi connectivity index (χ1v) is 7.81. The summed E-state index contributed by atoms with van der Waals surface area (Å²) in [7, 11) is 0. The zero-order valence-electron chi connectivity index (χ0n) is 13.9. The van der Waals surface area contributed by atoms with Gasteiger partial charge in [-0.2, -0.15) is 5.10 Å². The third-order valence-corrected chi connectivity index (χ3v) is 4.45.